The molecule has 9 heteroatoms. The van der Waals surface area contributed by atoms with Gasteiger partial charge in [-0.15, -0.1) is 11.3 Å². The fourth-order valence-electron chi connectivity index (χ4n) is 3.50. The smallest absolute Gasteiger partial charge is 0.297 e. The average molecular weight is 510 g/mol. The molecule has 172 valence electrons. The lowest BCUT2D eigenvalue weighted by Crippen LogP contribution is -2.05. The molecule has 0 amide bonds. The Hall–Kier alpha value is -2.35. The summed E-state index contributed by atoms with van der Waals surface area (Å²) < 4.78 is 41.8. The standard InChI is InChI=1S/C24H20Cl2F3N3S/c1-3-4-5-18-14(2)10-15(12-30-18)20-8-9-21(33-20)23-31-22(24(27,28)29)13-32(23)19-11-16(25)6-7-17(19)26/h6-13H,3-5H2,1-2H3. The molecule has 3 heterocycles. The topological polar surface area (TPSA) is 30.7 Å². The maximum absolute atomic E-state index is 13.5. The van der Waals surface area contributed by atoms with Crippen LogP contribution in [0.15, 0.2) is 48.8 Å². The predicted octanol–water partition coefficient (Wildman–Crippen LogP) is 8.64. The van der Waals surface area contributed by atoms with Crippen molar-refractivity contribution >= 4 is 34.5 Å². The highest BCUT2D eigenvalue weighted by atomic mass is 35.5. The van der Waals surface area contributed by atoms with Crippen LogP contribution in [0.2, 0.25) is 10.0 Å². The number of imidazole rings is 1. The van der Waals surface area contributed by atoms with E-state index < -0.39 is 11.9 Å². The third-order valence-corrected chi connectivity index (χ3v) is 6.91. The number of pyridine rings is 1. The van der Waals surface area contributed by atoms with E-state index in [1.54, 1.807) is 18.2 Å². The highest BCUT2D eigenvalue weighted by molar-refractivity contribution is 7.18. The van der Waals surface area contributed by atoms with Gasteiger partial charge in [-0.25, -0.2) is 4.98 Å². The summed E-state index contributed by atoms with van der Waals surface area (Å²) in [5.74, 6) is 0.145. The van der Waals surface area contributed by atoms with Crippen LogP contribution in [0.25, 0.3) is 26.8 Å². The molecule has 0 aliphatic heterocycles. The summed E-state index contributed by atoms with van der Waals surface area (Å²) >= 11 is 13.7. The van der Waals surface area contributed by atoms with Crippen molar-refractivity contribution in [2.45, 2.75) is 39.3 Å². The highest BCUT2D eigenvalue weighted by Crippen LogP contribution is 2.39. The molecular weight excluding hydrogens is 490 g/mol. The van der Waals surface area contributed by atoms with Crippen LogP contribution in [0, 0.1) is 6.92 Å². The first-order valence-corrected chi connectivity index (χ1v) is 11.9. The first-order valence-electron chi connectivity index (χ1n) is 10.4. The molecule has 0 N–H and O–H groups in total. The van der Waals surface area contributed by atoms with Gasteiger partial charge >= 0.3 is 6.18 Å². The second-order valence-corrected chi connectivity index (χ2v) is 9.60. The Morgan fingerprint density at radius 1 is 1.06 bits per heavy atom. The van der Waals surface area contributed by atoms with Crippen LogP contribution in [-0.4, -0.2) is 14.5 Å². The number of halogens is 5. The van der Waals surface area contributed by atoms with E-state index in [4.69, 9.17) is 23.2 Å². The summed E-state index contributed by atoms with van der Waals surface area (Å²) in [4.78, 5) is 9.97. The quantitative estimate of drug-likeness (QED) is 0.260. The normalized spacial score (nSPS) is 11.8. The number of rotatable bonds is 6. The van der Waals surface area contributed by atoms with Crippen LogP contribution in [-0.2, 0) is 12.6 Å². The first-order chi connectivity index (χ1) is 15.7. The number of nitrogens with zero attached hydrogens (tertiary/aromatic N) is 3. The third kappa shape index (κ3) is 5.10. The summed E-state index contributed by atoms with van der Waals surface area (Å²) in [6, 6.07) is 10.3. The zero-order chi connectivity index (χ0) is 23.8. The van der Waals surface area contributed by atoms with Crippen molar-refractivity contribution in [2.75, 3.05) is 0 Å². The molecule has 3 nitrogen and oxygen atoms in total. The second kappa shape index (κ2) is 9.49. The molecule has 1 aromatic carbocycles. The first kappa shape index (κ1) is 23.8. The van der Waals surface area contributed by atoms with Crippen LogP contribution >= 0.6 is 34.5 Å². The molecule has 4 aromatic rings. The van der Waals surface area contributed by atoms with Gasteiger partial charge in [0.25, 0.3) is 0 Å². The van der Waals surface area contributed by atoms with Gasteiger partial charge in [0.2, 0.25) is 0 Å². The van der Waals surface area contributed by atoms with E-state index in [1.165, 1.54) is 22.0 Å². The number of hydrogen-bond acceptors (Lipinski definition) is 3. The number of aryl methyl sites for hydroxylation is 2. The number of alkyl halides is 3. The number of thiophene rings is 1. The fourth-order valence-corrected chi connectivity index (χ4v) is 4.85. The molecule has 33 heavy (non-hydrogen) atoms. The monoisotopic (exact) mass is 509 g/mol. The lowest BCUT2D eigenvalue weighted by Gasteiger charge is -2.09. The molecule has 0 fully saturated rings. The minimum absolute atomic E-state index is 0.145. The maximum atomic E-state index is 13.5. The Labute approximate surface area is 203 Å². The Balaban J connectivity index is 1.77. The molecule has 0 radical (unpaired) electrons. The minimum atomic E-state index is -4.60. The summed E-state index contributed by atoms with van der Waals surface area (Å²) in [5.41, 5.74) is 2.41. The van der Waals surface area contributed by atoms with E-state index in [0.29, 0.717) is 15.6 Å². The van der Waals surface area contributed by atoms with Gasteiger partial charge in [0.05, 0.1) is 15.6 Å². The zero-order valence-electron chi connectivity index (χ0n) is 17.9. The van der Waals surface area contributed by atoms with E-state index in [0.717, 1.165) is 47.2 Å². The maximum Gasteiger partial charge on any atom is 0.434 e. The van der Waals surface area contributed by atoms with Gasteiger partial charge in [-0.2, -0.15) is 13.2 Å². The Bertz CT molecular complexity index is 1290. The van der Waals surface area contributed by atoms with Crippen molar-refractivity contribution in [1.82, 2.24) is 14.5 Å². The van der Waals surface area contributed by atoms with E-state index in [-0.39, 0.29) is 10.8 Å². The summed E-state index contributed by atoms with van der Waals surface area (Å²) in [7, 11) is 0. The van der Waals surface area contributed by atoms with Crippen molar-refractivity contribution in [3.8, 4) is 26.8 Å². The lowest BCUT2D eigenvalue weighted by atomic mass is 10.1. The van der Waals surface area contributed by atoms with E-state index in [2.05, 4.69) is 23.0 Å². The molecule has 0 atom stereocenters. The van der Waals surface area contributed by atoms with Gasteiger partial charge in [0.1, 0.15) is 0 Å². The molecule has 0 unspecified atom stereocenters. The van der Waals surface area contributed by atoms with Crippen LogP contribution in [0.4, 0.5) is 13.2 Å². The average Bonchev–Trinajstić information content (AvgIpc) is 3.41. The molecule has 0 saturated carbocycles. The van der Waals surface area contributed by atoms with E-state index in [1.807, 2.05) is 19.2 Å². The van der Waals surface area contributed by atoms with Crippen molar-refractivity contribution in [3.05, 3.63) is 75.8 Å². The predicted molar refractivity (Wildman–Crippen MR) is 128 cm³/mol. The molecule has 0 saturated heterocycles. The number of unbranched alkanes of at least 4 members (excludes halogenated alkanes) is 1. The second-order valence-electron chi connectivity index (χ2n) is 7.67. The van der Waals surface area contributed by atoms with Crippen molar-refractivity contribution in [2.24, 2.45) is 0 Å². The van der Waals surface area contributed by atoms with Gasteiger partial charge in [-0.1, -0.05) is 36.5 Å². The largest absolute Gasteiger partial charge is 0.434 e. The highest BCUT2D eigenvalue weighted by Gasteiger charge is 2.35. The van der Waals surface area contributed by atoms with Crippen LogP contribution in [0.5, 0.6) is 0 Å². The zero-order valence-corrected chi connectivity index (χ0v) is 20.2. The minimum Gasteiger partial charge on any atom is -0.297 e. The lowest BCUT2D eigenvalue weighted by molar-refractivity contribution is -0.140. The Kier molecular flexibility index (Phi) is 6.84. The van der Waals surface area contributed by atoms with Gasteiger partial charge in [0.15, 0.2) is 11.5 Å². The number of benzene rings is 1. The molecule has 0 aliphatic rings. The molecule has 0 bridgehead atoms. The SMILES string of the molecule is CCCCc1ncc(-c2ccc(-c3nc(C(F)(F)F)cn3-c3cc(Cl)ccc3Cl)s2)cc1C. The molecule has 0 spiro atoms. The summed E-state index contributed by atoms with van der Waals surface area (Å²) in [6.45, 7) is 4.17. The van der Waals surface area contributed by atoms with Crippen molar-refractivity contribution in [1.29, 1.82) is 0 Å². The number of aromatic nitrogens is 3. The molecule has 3 aromatic heterocycles. The van der Waals surface area contributed by atoms with Gasteiger partial charge in [0, 0.05) is 33.6 Å². The van der Waals surface area contributed by atoms with Gasteiger partial charge in [-0.05, 0) is 61.7 Å². The summed E-state index contributed by atoms with van der Waals surface area (Å²) in [5, 5.41) is 0.630. The Morgan fingerprint density at radius 3 is 2.52 bits per heavy atom. The molecular formula is C24H20Cl2F3N3S. The van der Waals surface area contributed by atoms with Crippen molar-refractivity contribution < 1.29 is 13.2 Å². The summed E-state index contributed by atoms with van der Waals surface area (Å²) in [6.07, 6.45) is 1.26. The fraction of sp³-hybridized carbons (Fsp3) is 0.250. The van der Waals surface area contributed by atoms with Crippen LogP contribution < -0.4 is 0 Å². The molecule has 0 aliphatic carbocycles. The number of hydrogen-bond donors (Lipinski definition) is 0. The van der Waals surface area contributed by atoms with E-state index in [9.17, 15) is 13.2 Å². The van der Waals surface area contributed by atoms with Crippen molar-refractivity contribution in [3.63, 3.8) is 0 Å². The van der Waals surface area contributed by atoms with Crippen LogP contribution in [0.1, 0.15) is 36.7 Å². The third-order valence-electron chi connectivity index (χ3n) is 5.23. The van der Waals surface area contributed by atoms with Gasteiger partial charge < -0.3 is 0 Å². The van der Waals surface area contributed by atoms with Gasteiger partial charge in [-0.3, -0.25) is 9.55 Å². The Morgan fingerprint density at radius 2 is 1.82 bits per heavy atom. The van der Waals surface area contributed by atoms with Crippen LogP contribution in [0.3, 0.4) is 0 Å². The molecule has 4 rings (SSSR count). The van der Waals surface area contributed by atoms with E-state index >= 15 is 0 Å².